The van der Waals surface area contributed by atoms with Gasteiger partial charge in [-0.15, -0.1) is 12.4 Å². The molecule has 1 fully saturated rings. The molecule has 2 rings (SSSR count). The Balaban J connectivity index is 0.00000312. The number of hydrogen-bond donors (Lipinski definition) is 3. The van der Waals surface area contributed by atoms with Crippen molar-refractivity contribution in [1.29, 1.82) is 0 Å². The highest BCUT2D eigenvalue weighted by atomic mass is 35.5. The first kappa shape index (κ1) is 21.5. The van der Waals surface area contributed by atoms with Crippen LogP contribution in [0.2, 0.25) is 0 Å². The van der Waals surface area contributed by atoms with Gasteiger partial charge in [0.1, 0.15) is 0 Å². The van der Waals surface area contributed by atoms with E-state index in [-0.39, 0.29) is 36.4 Å². The minimum atomic E-state index is -0.595. The van der Waals surface area contributed by atoms with E-state index in [0.29, 0.717) is 37.3 Å². The molecule has 0 radical (unpaired) electrons. The molecular formula is C18H29ClN2O4. The first-order chi connectivity index (χ1) is 11.4. The predicted octanol–water partition coefficient (Wildman–Crippen LogP) is 2.01. The van der Waals surface area contributed by atoms with Crippen LogP contribution in [0.15, 0.2) is 18.2 Å². The number of hydrogen-bond acceptors (Lipinski definition) is 5. The van der Waals surface area contributed by atoms with Crippen LogP contribution in [0.3, 0.4) is 0 Å². The van der Waals surface area contributed by atoms with Crippen LogP contribution in [-0.2, 0) is 11.3 Å². The quantitative estimate of drug-likeness (QED) is 0.710. The molecule has 0 bridgehead atoms. The van der Waals surface area contributed by atoms with Crippen molar-refractivity contribution in [2.75, 3.05) is 7.11 Å². The van der Waals surface area contributed by atoms with Gasteiger partial charge in [-0.2, -0.15) is 0 Å². The summed E-state index contributed by atoms with van der Waals surface area (Å²) >= 11 is 0. The van der Waals surface area contributed by atoms with E-state index in [1.54, 1.807) is 7.11 Å². The number of benzene rings is 1. The largest absolute Gasteiger partial charge is 0.493 e. The maximum Gasteiger partial charge on any atom is 0.223 e. The number of ether oxygens (including phenoxy) is 2. The Morgan fingerprint density at radius 3 is 2.68 bits per heavy atom. The van der Waals surface area contributed by atoms with E-state index in [9.17, 15) is 9.90 Å². The Hall–Kier alpha value is -1.50. The molecular weight excluding hydrogens is 344 g/mol. The third-order valence-corrected chi connectivity index (χ3v) is 4.30. The highest BCUT2D eigenvalue weighted by Gasteiger charge is 2.30. The number of carbonyl (C=O) groups excluding carboxylic acids is 1. The van der Waals surface area contributed by atoms with Gasteiger partial charge in [0.25, 0.3) is 0 Å². The number of methoxy groups -OCH3 is 1. The Labute approximate surface area is 155 Å². The topological polar surface area (TPSA) is 93.8 Å². The van der Waals surface area contributed by atoms with E-state index in [2.05, 4.69) is 5.32 Å². The Morgan fingerprint density at radius 1 is 1.36 bits per heavy atom. The molecule has 0 saturated heterocycles. The molecule has 0 aliphatic heterocycles. The van der Waals surface area contributed by atoms with Gasteiger partial charge in [-0.3, -0.25) is 4.79 Å². The Bertz CT molecular complexity index is 568. The fourth-order valence-corrected chi connectivity index (χ4v) is 2.92. The van der Waals surface area contributed by atoms with Crippen molar-refractivity contribution < 1.29 is 19.4 Å². The molecule has 1 aliphatic rings. The molecule has 1 aliphatic carbocycles. The van der Waals surface area contributed by atoms with Gasteiger partial charge in [-0.1, -0.05) is 6.07 Å². The monoisotopic (exact) mass is 372 g/mol. The van der Waals surface area contributed by atoms with Gasteiger partial charge >= 0.3 is 0 Å². The van der Waals surface area contributed by atoms with Crippen molar-refractivity contribution >= 4 is 18.3 Å². The van der Waals surface area contributed by atoms with Crippen LogP contribution in [0, 0.1) is 5.92 Å². The molecule has 1 aromatic rings. The van der Waals surface area contributed by atoms with Crippen LogP contribution in [-0.4, -0.2) is 36.4 Å². The lowest BCUT2D eigenvalue weighted by atomic mass is 9.84. The van der Waals surface area contributed by atoms with E-state index in [1.165, 1.54) is 0 Å². The first-order valence-electron chi connectivity index (χ1n) is 8.45. The maximum absolute atomic E-state index is 12.3. The zero-order chi connectivity index (χ0) is 17.7. The number of carbonyl (C=O) groups is 1. The number of rotatable bonds is 6. The van der Waals surface area contributed by atoms with Gasteiger partial charge in [0.2, 0.25) is 5.91 Å². The van der Waals surface area contributed by atoms with Gasteiger partial charge in [0.05, 0.1) is 19.3 Å². The lowest BCUT2D eigenvalue weighted by Crippen LogP contribution is -2.44. The lowest BCUT2D eigenvalue weighted by molar-refractivity contribution is -0.127. The molecule has 4 N–H and O–H groups in total. The van der Waals surface area contributed by atoms with Crippen molar-refractivity contribution in [3.8, 4) is 11.5 Å². The van der Waals surface area contributed by atoms with E-state index in [1.807, 2.05) is 32.0 Å². The molecule has 0 spiro atoms. The summed E-state index contributed by atoms with van der Waals surface area (Å²) in [6.45, 7) is 4.33. The molecule has 1 aromatic carbocycles. The SMILES string of the molecule is COc1cc(CNC(=O)[C@H]2CC[C@@H](N)[C@H](O)C2)ccc1OC(C)C.Cl. The van der Waals surface area contributed by atoms with Gasteiger partial charge in [0.15, 0.2) is 11.5 Å². The van der Waals surface area contributed by atoms with E-state index in [0.717, 1.165) is 5.56 Å². The molecule has 0 heterocycles. The molecule has 6 nitrogen and oxygen atoms in total. The van der Waals surface area contributed by atoms with Crippen LogP contribution in [0.5, 0.6) is 11.5 Å². The van der Waals surface area contributed by atoms with Gasteiger partial charge in [-0.25, -0.2) is 0 Å². The molecule has 142 valence electrons. The number of halogens is 1. The summed E-state index contributed by atoms with van der Waals surface area (Å²) in [5, 5.41) is 12.7. The van der Waals surface area contributed by atoms with Crippen molar-refractivity contribution in [2.45, 2.75) is 57.9 Å². The predicted molar refractivity (Wildman–Crippen MR) is 99.2 cm³/mol. The normalized spacial score (nSPS) is 22.9. The summed E-state index contributed by atoms with van der Waals surface area (Å²) in [6, 6.07) is 5.41. The van der Waals surface area contributed by atoms with Gasteiger partial charge in [-0.05, 0) is 50.8 Å². The summed E-state index contributed by atoms with van der Waals surface area (Å²) < 4.78 is 11.0. The highest BCUT2D eigenvalue weighted by molar-refractivity contribution is 5.85. The minimum absolute atomic E-state index is 0. The number of aliphatic hydroxyl groups excluding tert-OH is 1. The number of nitrogens with two attached hydrogens (primary N) is 1. The second kappa shape index (κ2) is 9.85. The zero-order valence-corrected chi connectivity index (χ0v) is 15.8. The molecule has 3 atom stereocenters. The second-order valence-corrected chi connectivity index (χ2v) is 6.61. The minimum Gasteiger partial charge on any atom is -0.493 e. The summed E-state index contributed by atoms with van der Waals surface area (Å²) in [6.07, 6.45) is 1.29. The maximum atomic E-state index is 12.3. The highest BCUT2D eigenvalue weighted by Crippen LogP contribution is 2.29. The van der Waals surface area contributed by atoms with Crippen LogP contribution < -0.4 is 20.5 Å². The first-order valence-corrected chi connectivity index (χ1v) is 8.45. The fourth-order valence-electron chi connectivity index (χ4n) is 2.92. The molecule has 1 saturated carbocycles. The van der Waals surface area contributed by atoms with Crippen LogP contribution in [0.25, 0.3) is 0 Å². The van der Waals surface area contributed by atoms with Gasteiger partial charge in [0, 0.05) is 18.5 Å². The fraction of sp³-hybridized carbons (Fsp3) is 0.611. The van der Waals surface area contributed by atoms with Crippen molar-refractivity contribution in [3.63, 3.8) is 0 Å². The van der Waals surface area contributed by atoms with Crippen molar-refractivity contribution in [2.24, 2.45) is 11.7 Å². The van der Waals surface area contributed by atoms with E-state index >= 15 is 0 Å². The van der Waals surface area contributed by atoms with Crippen LogP contribution in [0.1, 0.15) is 38.7 Å². The summed E-state index contributed by atoms with van der Waals surface area (Å²) in [5.74, 6) is 1.12. The number of aliphatic hydroxyl groups is 1. The summed E-state index contributed by atoms with van der Waals surface area (Å²) in [4.78, 5) is 12.3. The third kappa shape index (κ3) is 6.06. The van der Waals surface area contributed by atoms with E-state index in [4.69, 9.17) is 15.2 Å². The van der Waals surface area contributed by atoms with Crippen molar-refractivity contribution in [3.05, 3.63) is 23.8 Å². The zero-order valence-electron chi connectivity index (χ0n) is 15.0. The second-order valence-electron chi connectivity index (χ2n) is 6.61. The molecule has 25 heavy (non-hydrogen) atoms. The Morgan fingerprint density at radius 2 is 2.08 bits per heavy atom. The van der Waals surface area contributed by atoms with Crippen LogP contribution in [0.4, 0.5) is 0 Å². The van der Waals surface area contributed by atoms with E-state index < -0.39 is 6.10 Å². The summed E-state index contributed by atoms with van der Waals surface area (Å²) in [7, 11) is 1.59. The molecule has 7 heteroatoms. The number of nitrogens with one attached hydrogen (secondary N) is 1. The third-order valence-electron chi connectivity index (χ3n) is 4.30. The van der Waals surface area contributed by atoms with Crippen LogP contribution >= 0.6 is 12.4 Å². The standard InChI is InChI=1S/C18H28N2O4.ClH/c1-11(2)24-16-7-4-12(8-17(16)23-3)10-20-18(22)13-5-6-14(19)15(21)9-13;/h4,7-8,11,13-15,21H,5-6,9-10,19H2,1-3H3,(H,20,22);1H/t13-,14+,15+;/m0./s1. The van der Waals surface area contributed by atoms with Crippen molar-refractivity contribution in [1.82, 2.24) is 5.32 Å². The smallest absolute Gasteiger partial charge is 0.223 e. The number of amides is 1. The molecule has 1 amide bonds. The average molecular weight is 373 g/mol. The molecule has 0 aromatic heterocycles. The molecule has 0 unspecified atom stereocenters. The average Bonchev–Trinajstić information content (AvgIpc) is 2.55. The van der Waals surface area contributed by atoms with Gasteiger partial charge < -0.3 is 25.6 Å². The summed E-state index contributed by atoms with van der Waals surface area (Å²) in [5.41, 5.74) is 6.71. The lowest BCUT2D eigenvalue weighted by Gasteiger charge is -2.29. The Kier molecular flexibility index (Phi) is 8.48.